The molecule has 29 heavy (non-hydrogen) atoms. The highest BCUT2D eigenvalue weighted by atomic mass is 27.2. The van der Waals surface area contributed by atoms with Crippen molar-refractivity contribution in [1.82, 2.24) is 10.7 Å². The van der Waals surface area contributed by atoms with Gasteiger partial charge >= 0.3 is 14.8 Å². The first-order chi connectivity index (χ1) is 14.4. The van der Waals surface area contributed by atoms with Crippen LogP contribution in [0.2, 0.25) is 0 Å². The van der Waals surface area contributed by atoms with E-state index in [4.69, 9.17) is 0 Å². The summed E-state index contributed by atoms with van der Waals surface area (Å²) < 4.78 is 7.67. The Labute approximate surface area is 171 Å². The molecule has 0 fully saturated rings. The predicted octanol–water partition coefficient (Wildman–Crippen LogP) is 5.58. The van der Waals surface area contributed by atoms with E-state index < -0.39 is 14.8 Å². The van der Waals surface area contributed by atoms with Gasteiger partial charge in [-0.15, -0.1) is 0 Å². The van der Waals surface area contributed by atoms with E-state index in [0.717, 1.165) is 0 Å². The molecule has 6 aromatic rings. The Morgan fingerprint density at radius 3 is 1.21 bits per heavy atom. The monoisotopic (exact) mass is 386 g/mol. The van der Waals surface area contributed by atoms with Crippen LogP contribution in [0.15, 0.2) is 91.4 Å². The Kier molecular flexibility index (Phi) is 2.40. The fourth-order valence-electron chi connectivity index (χ4n) is 5.51. The van der Waals surface area contributed by atoms with Crippen LogP contribution in [0.3, 0.4) is 0 Å². The largest absolute Gasteiger partial charge is 0.755 e. The van der Waals surface area contributed by atoms with Crippen LogP contribution in [0, 0.1) is 0 Å². The van der Waals surface area contributed by atoms with Crippen LogP contribution in [-0.2, 0) is 0 Å². The molecular weight excluding hydrogens is 371 g/mol. The van der Waals surface area contributed by atoms with Crippen molar-refractivity contribution in [3.63, 3.8) is 0 Å². The molecule has 3 aliphatic rings. The Morgan fingerprint density at radius 1 is 0.448 bits per heavy atom. The molecule has 134 valence electrons. The third-order valence-electron chi connectivity index (χ3n) is 6.63. The number of aromatic nitrogens is 3. The van der Waals surface area contributed by atoms with Crippen molar-refractivity contribution < 1.29 is 0 Å². The van der Waals surface area contributed by atoms with Gasteiger partial charge in [0.2, 0.25) is 0 Å². The van der Waals surface area contributed by atoms with Crippen LogP contribution >= 0.6 is 0 Å². The zero-order chi connectivity index (χ0) is 18.7. The van der Waals surface area contributed by atoms with Crippen molar-refractivity contribution in [1.29, 1.82) is 0 Å². The molecule has 0 saturated heterocycles. The molecule has 3 aliphatic heterocycles. The Hall–Kier alpha value is -3.39. The molecular formula is C24H15AlN4. The number of hydrogen-bond acceptors (Lipinski definition) is 1. The van der Waals surface area contributed by atoms with Gasteiger partial charge in [0.15, 0.2) is 0 Å². The van der Waals surface area contributed by atoms with Gasteiger partial charge in [-0.3, -0.25) is 0 Å². The second-order valence-corrected chi connectivity index (χ2v) is 10.4. The van der Waals surface area contributed by atoms with Gasteiger partial charge in [-0.2, -0.15) is 0 Å². The highest BCUT2D eigenvalue weighted by Crippen LogP contribution is 2.48. The molecule has 0 unspecified atom stereocenters. The quantitative estimate of drug-likeness (QED) is 0.311. The Bertz CT molecular complexity index is 1440. The zero-order valence-electron chi connectivity index (χ0n) is 15.5. The normalized spacial score (nSPS) is 14.1. The summed E-state index contributed by atoms with van der Waals surface area (Å²) in [5.74, 6) is 0. The molecule has 9 rings (SSSR count). The summed E-state index contributed by atoms with van der Waals surface area (Å²) in [6.45, 7) is 0. The van der Waals surface area contributed by atoms with E-state index in [-0.39, 0.29) is 0 Å². The maximum absolute atomic E-state index is 2.56. The fourth-order valence-corrected chi connectivity index (χ4v) is 8.57. The highest BCUT2D eigenvalue weighted by Gasteiger charge is 2.41. The number of anilines is 3. The van der Waals surface area contributed by atoms with Crippen LogP contribution < -0.4 is 4.90 Å². The summed E-state index contributed by atoms with van der Waals surface area (Å²) in [6, 6.07) is 26.9. The molecule has 0 amide bonds. The average Bonchev–Trinajstić information content (AvgIpc) is 3.45. The summed E-state index contributed by atoms with van der Waals surface area (Å²) in [5, 5.41) is 3.90. The molecule has 0 atom stereocenters. The second kappa shape index (κ2) is 4.77. The van der Waals surface area contributed by atoms with E-state index in [0.29, 0.717) is 0 Å². The van der Waals surface area contributed by atoms with Crippen molar-refractivity contribution in [2.24, 2.45) is 0 Å². The third kappa shape index (κ3) is 1.57. The van der Waals surface area contributed by atoms with Gasteiger partial charge in [0.25, 0.3) is 0 Å². The summed E-state index contributed by atoms with van der Waals surface area (Å²) in [4.78, 5) is 2.47. The Balaban J connectivity index is 1.72. The maximum Gasteiger partial charge on any atom is 0.755 e. The molecule has 0 N–H and O–H groups in total. The SMILES string of the molecule is c1cc2c3c(c1)cc[n]3[Al]1[n]3ccc4cccc(c43)N2c2cccc3cc[n]1c23. The minimum absolute atomic E-state index is 1.27. The lowest BCUT2D eigenvalue weighted by Gasteiger charge is -2.35. The second-order valence-electron chi connectivity index (χ2n) is 8.00. The topological polar surface area (TPSA) is 18.0 Å². The molecule has 4 nitrogen and oxygen atoms in total. The zero-order valence-corrected chi connectivity index (χ0v) is 16.7. The number of hydrogen-bond donors (Lipinski definition) is 0. The van der Waals surface area contributed by atoms with Gasteiger partial charge in [0, 0.05) is 0 Å². The third-order valence-corrected chi connectivity index (χ3v) is 9.41. The number of para-hydroxylation sites is 3. The van der Waals surface area contributed by atoms with Crippen LogP contribution in [-0.4, -0.2) is 25.5 Å². The lowest BCUT2D eigenvalue weighted by atomic mass is 10.1. The first-order valence-electron chi connectivity index (χ1n) is 9.99. The van der Waals surface area contributed by atoms with Gasteiger partial charge in [-0.1, -0.05) is 36.4 Å². The fraction of sp³-hybridized carbons (Fsp3) is 0. The smallest absolute Gasteiger partial charge is 0.400 e. The lowest BCUT2D eigenvalue weighted by Crippen LogP contribution is -2.42. The van der Waals surface area contributed by atoms with E-state index >= 15 is 0 Å². The van der Waals surface area contributed by atoms with E-state index in [1.807, 2.05) is 0 Å². The summed E-state index contributed by atoms with van der Waals surface area (Å²) in [6.07, 6.45) is 6.88. The molecule has 0 aliphatic carbocycles. The molecule has 0 radical (unpaired) electrons. The molecule has 2 bridgehead atoms. The minimum atomic E-state index is -1.85. The van der Waals surface area contributed by atoms with Crippen LogP contribution in [0.1, 0.15) is 0 Å². The van der Waals surface area contributed by atoms with E-state index in [1.54, 1.807) is 0 Å². The number of nitrogens with zero attached hydrogens (tertiary/aromatic N) is 4. The van der Waals surface area contributed by atoms with Gasteiger partial charge in [-0.05, 0) is 71.1 Å². The summed E-state index contributed by atoms with van der Waals surface area (Å²) in [5.41, 5.74) is 7.80. The summed E-state index contributed by atoms with van der Waals surface area (Å²) >= 11 is -1.85. The molecule has 0 spiro atoms. The molecule has 3 aromatic carbocycles. The van der Waals surface area contributed by atoms with Crippen LogP contribution in [0.25, 0.3) is 32.7 Å². The van der Waals surface area contributed by atoms with E-state index in [1.165, 1.54) is 49.8 Å². The van der Waals surface area contributed by atoms with Gasteiger partial charge in [0.05, 0.1) is 33.6 Å². The molecule has 3 aromatic heterocycles. The van der Waals surface area contributed by atoms with Crippen molar-refractivity contribution in [2.45, 2.75) is 0 Å². The van der Waals surface area contributed by atoms with Crippen LogP contribution in [0.4, 0.5) is 17.1 Å². The number of benzene rings is 3. The van der Waals surface area contributed by atoms with Gasteiger partial charge in [0.1, 0.15) is 0 Å². The number of rotatable bonds is 0. The molecule has 0 saturated carbocycles. The van der Waals surface area contributed by atoms with Crippen molar-refractivity contribution >= 4 is 64.6 Å². The van der Waals surface area contributed by atoms with E-state index in [9.17, 15) is 0 Å². The van der Waals surface area contributed by atoms with E-state index in [2.05, 4.69) is 107 Å². The van der Waals surface area contributed by atoms with Crippen molar-refractivity contribution in [2.75, 3.05) is 4.90 Å². The predicted molar refractivity (Wildman–Crippen MR) is 120 cm³/mol. The standard InChI is InChI=1S/C24H15N4.Al/c1-4-16-10-13-25-22(16)19(7-1)28(20-8-2-5-17-11-14-26-23(17)20)21-9-3-6-18-12-15-27-24(18)21;/h1-15H;/q-3;+3. The maximum atomic E-state index is 2.56. The van der Waals surface area contributed by atoms with Gasteiger partial charge < -0.3 is 15.6 Å². The van der Waals surface area contributed by atoms with Crippen LogP contribution in [0.5, 0.6) is 0 Å². The average molecular weight is 386 g/mol. The first-order valence-corrected chi connectivity index (χ1v) is 11.5. The van der Waals surface area contributed by atoms with Gasteiger partial charge in [-0.25, -0.2) is 0 Å². The lowest BCUT2D eigenvalue weighted by molar-refractivity contribution is 0.999. The first kappa shape index (κ1) is 14.6. The highest BCUT2D eigenvalue weighted by molar-refractivity contribution is 6.58. The Morgan fingerprint density at radius 2 is 0.828 bits per heavy atom. The van der Waals surface area contributed by atoms with Crippen molar-refractivity contribution in [3.05, 3.63) is 91.4 Å². The molecule has 5 heteroatoms. The molecule has 6 heterocycles. The van der Waals surface area contributed by atoms with Crippen molar-refractivity contribution in [3.8, 4) is 0 Å². The minimum Gasteiger partial charge on any atom is -0.400 e. The summed E-state index contributed by atoms with van der Waals surface area (Å²) in [7, 11) is 0.